The lowest BCUT2D eigenvalue weighted by atomic mass is 10.0. The summed E-state index contributed by atoms with van der Waals surface area (Å²) in [7, 11) is -2.30. The van der Waals surface area contributed by atoms with E-state index in [9.17, 15) is 18.0 Å². The first-order chi connectivity index (χ1) is 15.6. The fourth-order valence-corrected chi connectivity index (χ4v) is 4.52. The fraction of sp³-hybridized carbons (Fsp3) is 0.500. The number of hydrogen-bond acceptors (Lipinski definition) is 7. The summed E-state index contributed by atoms with van der Waals surface area (Å²) in [6, 6.07) is 5.75. The van der Waals surface area contributed by atoms with Crippen LogP contribution in [0.5, 0.6) is 0 Å². The number of rotatable bonds is 4. The molecule has 0 radical (unpaired) electrons. The molecule has 4 atom stereocenters. The molecule has 0 amide bonds. The molecule has 0 saturated carbocycles. The van der Waals surface area contributed by atoms with Crippen LogP contribution in [0.1, 0.15) is 32.3 Å². The minimum absolute atomic E-state index is 0.0300. The number of aryl methyl sites for hydroxylation is 1. The Morgan fingerprint density at radius 3 is 2.03 bits per heavy atom. The summed E-state index contributed by atoms with van der Waals surface area (Å²) in [5, 5.41) is 0. The van der Waals surface area contributed by atoms with Crippen molar-refractivity contribution in [3.05, 3.63) is 54.1 Å². The monoisotopic (exact) mass is 479 g/mol. The van der Waals surface area contributed by atoms with Crippen LogP contribution in [0.25, 0.3) is 0 Å². The third kappa shape index (κ3) is 8.75. The van der Waals surface area contributed by atoms with Gasteiger partial charge < -0.3 is 14.2 Å². The summed E-state index contributed by atoms with van der Waals surface area (Å²) in [5.41, 5.74) is 0.940. The maximum Gasteiger partial charge on any atom is 0.309 e. The summed E-state index contributed by atoms with van der Waals surface area (Å²) < 4.78 is 44.4. The van der Waals surface area contributed by atoms with Gasteiger partial charge in [0.25, 0.3) is 0 Å². The topological polar surface area (TPSA) is 108 Å². The first kappa shape index (κ1) is 26.8. The van der Waals surface area contributed by atoms with E-state index >= 15 is 0 Å². The summed E-state index contributed by atoms with van der Waals surface area (Å²) >= 11 is 0. The Hall–Kier alpha value is -2.49. The molecule has 2 rings (SSSR count). The molecule has 182 valence electrons. The molecule has 1 aliphatic heterocycles. The van der Waals surface area contributed by atoms with Gasteiger partial charge in [-0.05, 0) is 25.0 Å². The van der Waals surface area contributed by atoms with E-state index in [-0.39, 0.29) is 48.9 Å². The van der Waals surface area contributed by atoms with Crippen molar-refractivity contribution in [2.75, 3.05) is 20.3 Å². The third-order valence-corrected chi connectivity index (χ3v) is 6.95. The molecule has 0 aromatic heterocycles. The second kappa shape index (κ2) is 12.7. The molecule has 0 unspecified atom stereocenters. The molecule has 8 nitrogen and oxygen atoms in total. The van der Waals surface area contributed by atoms with Gasteiger partial charge >= 0.3 is 11.9 Å². The smallest absolute Gasteiger partial charge is 0.309 e. The average Bonchev–Trinajstić information content (AvgIpc) is 2.76. The van der Waals surface area contributed by atoms with Crippen LogP contribution in [-0.2, 0) is 33.8 Å². The van der Waals surface area contributed by atoms with Crippen LogP contribution in [0.15, 0.2) is 53.5 Å². The fourth-order valence-electron chi connectivity index (χ4n) is 3.20. The lowest BCUT2D eigenvalue weighted by molar-refractivity contribution is -0.147. The van der Waals surface area contributed by atoms with Crippen LogP contribution < -0.4 is 4.72 Å². The number of carbonyl (C=O) groups is 2. The lowest BCUT2D eigenvalue weighted by Crippen LogP contribution is -2.42. The number of methoxy groups -OCH3 is 1. The van der Waals surface area contributed by atoms with Gasteiger partial charge in [0.2, 0.25) is 10.0 Å². The third-order valence-electron chi connectivity index (χ3n) is 5.44. The van der Waals surface area contributed by atoms with Gasteiger partial charge in [0.05, 0.1) is 29.9 Å². The lowest BCUT2D eigenvalue weighted by Gasteiger charge is -2.23. The summed E-state index contributed by atoms with van der Waals surface area (Å²) in [5.74, 6) is -1.33. The summed E-state index contributed by atoms with van der Waals surface area (Å²) in [4.78, 5) is 24.4. The zero-order valence-electron chi connectivity index (χ0n) is 19.5. The average molecular weight is 480 g/mol. The predicted molar refractivity (Wildman–Crippen MR) is 124 cm³/mol. The van der Waals surface area contributed by atoms with Gasteiger partial charge in [-0.1, -0.05) is 55.8 Å². The van der Waals surface area contributed by atoms with Gasteiger partial charge in [-0.25, -0.2) is 13.1 Å². The van der Waals surface area contributed by atoms with E-state index in [1.807, 2.05) is 13.8 Å². The SMILES string of the molecule is CO[C@@H]1COC(=O)CC=C[C@H](C)[C@@H](NS(=O)(=O)c2ccc(C)cc2)COC(=O)CC=C[C@@H]1C. The second-order valence-corrected chi connectivity index (χ2v) is 9.88. The van der Waals surface area contributed by atoms with E-state index in [2.05, 4.69) is 4.72 Å². The van der Waals surface area contributed by atoms with E-state index in [0.717, 1.165) is 5.56 Å². The first-order valence-electron chi connectivity index (χ1n) is 10.9. The highest BCUT2D eigenvalue weighted by atomic mass is 32.2. The maximum absolute atomic E-state index is 12.9. The Balaban J connectivity index is 2.20. The molecule has 0 bridgehead atoms. The molecule has 1 aliphatic rings. The number of cyclic esters (lactones) is 2. The van der Waals surface area contributed by atoms with Crippen LogP contribution in [0.4, 0.5) is 0 Å². The van der Waals surface area contributed by atoms with Gasteiger partial charge in [-0.3, -0.25) is 9.59 Å². The molecule has 33 heavy (non-hydrogen) atoms. The van der Waals surface area contributed by atoms with Gasteiger partial charge in [-0.2, -0.15) is 0 Å². The molecule has 1 N–H and O–H groups in total. The first-order valence-corrected chi connectivity index (χ1v) is 12.4. The Morgan fingerprint density at radius 2 is 1.45 bits per heavy atom. The van der Waals surface area contributed by atoms with Crippen molar-refractivity contribution in [2.24, 2.45) is 11.8 Å². The number of ether oxygens (including phenoxy) is 3. The standard InChI is InChI=1S/C24H33NO7S/c1-17-11-13-20(14-12-17)33(28,29)25-21-15-31-23(26)10-6-8-19(3)22(30-4)16-32-24(27)9-5-7-18(21)2/h5-8,11-14,18-19,21-22,25H,9-10,15-16H2,1-4H3/t18-,19-,21-,22+/m0/s1. The molecule has 9 heteroatoms. The number of benzene rings is 1. The molecule has 0 aliphatic carbocycles. The molecular formula is C24H33NO7S. The van der Waals surface area contributed by atoms with E-state index in [1.54, 1.807) is 43.4 Å². The van der Waals surface area contributed by atoms with Gasteiger partial charge in [0, 0.05) is 13.0 Å². The summed E-state index contributed by atoms with van der Waals surface area (Å²) in [6.07, 6.45) is 6.53. The van der Waals surface area contributed by atoms with Crippen molar-refractivity contribution < 1.29 is 32.2 Å². The number of sulfonamides is 1. The molecule has 0 spiro atoms. The number of hydrogen-bond donors (Lipinski definition) is 1. The quantitative estimate of drug-likeness (QED) is 0.522. The number of carbonyl (C=O) groups excluding carboxylic acids is 2. The molecule has 1 aromatic rings. The predicted octanol–water partition coefficient (Wildman–Crippen LogP) is 2.92. The van der Waals surface area contributed by atoms with Gasteiger partial charge in [0.15, 0.2) is 0 Å². The van der Waals surface area contributed by atoms with Crippen LogP contribution in [0.3, 0.4) is 0 Å². The van der Waals surface area contributed by atoms with E-state index < -0.39 is 28.0 Å². The molecule has 1 aromatic carbocycles. The highest BCUT2D eigenvalue weighted by Crippen LogP contribution is 2.16. The Kier molecular flexibility index (Phi) is 10.3. The minimum atomic E-state index is -3.84. The molecular weight excluding hydrogens is 446 g/mol. The van der Waals surface area contributed by atoms with Crippen LogP contribution in [0, 0.1) is 18.8 Å². The van der Waals surface area contributed by atoms with E-state index in [0.29, 0.717) is 0 Å². The van der Waals surface area contributed by atoms with E-state index in [4.69, 9.17) is 14.2 Å². The van der Waals surface area contributed by atoms with Gasteiger partial charge in [-0.15, -0.1) is 0 Å². The van der Waals surface area contributed by atoms with Crippen molar-refractivity contribution in [3.8, 4) is 0 Å². The minimum Gasteiger partial charge on any atom is -0.464 e. The Bertz CT molecular complexity index is 954. The zero-order chi connectivity index (χ0) is 24.4. The van der Waals surface area contributed by atoms with Crippen LogP contribution in [-0.4, -0.2) is 52.8 Å². The van der Waals surface area contributed by atoms with Crippen LogP contribution >= 0.6 is 0 Å². The van der Waals surface area contributed by atoms with Crippen molar-refractivity contribution in [3.63, 3.8) is 0 Å². The van der Waals surface area contributed by atoms with Crippen molar-refractivity contribution in [2.45, 2.75) is 50.7 Å². The molecule has 0 saturated heterocycles. The second-order valence-electron chi connectivity index (χ2n) is 8.16. The summed E-state index contributed by atoms with van der Waals surface area (Å²) in [6.45, 7) is 5.49. The van der Waals surface area contributed by atoms with Gasteiger partial charge in [0.1, 0.15) is 13.2 Å². The normalized spacial score (nSPS) is 25.9. The van der Waals surface area contributed by atoms with Crippen molar-refractivity contribution in [1.82, 2.24) is 4.72 Å². The van der Waals surface area contributed by atoms with Crippen molar-refractivity contribution in [1.29, 1.82) is 0 Å². The number of esters is 2. The molecule has 0 fully saturated rings. The van der Waals surface area contributed by atoms with E-state index in [1.165, 1.54) is 19.2 Å². The highest BCUT2D eigenvalue weighted by Gasteiger charge is 2.25. The largest absolute Gasteiger partial charge is 0.464 e. The zero-order valence-corrected chi connectivity index (χ0v) is 20.3. The number of nitrogens with one attached hydrogen (secondary N) is 1. The highest BCUT2D eigenvalue weighted by molar-refractivity contribution is 7.89. The Morgan fingerprint density at radius 1 is 0.909 bits per heavy atom. The van der Waals surface area contributed by atoms with Crippen LogP contribution in [0.2, 0.25) is 0 Å². The maximum atomic E-state index is 12.9. The molecule has 1 heterocycles. The van der Waals surface area contributed by atoms with Crippen molar-refractivity contribution >= 4 is 22.0 Å². The Labute approximate surface area is 196 Å².